The van der Waals surface area contributed by atoms with Crippen molar-refractivity contribution in [3.05, 3.63) is 77.9 Å². The van der Waals surface area contributed by atoms with Gasteiger partial charge in [-0.1, -0.05) is 54.6 Å². The van der Waals surface area contributed by atoms with Crippen LogP contribution in [0.1, 0.15) is 35.8 Å². The van der Waals surface area contributed by atoms with E-state index in [0.29, 0.717) is 17.8 Å². The third-order valence-corrected chi connectivity index (χ3v) is 4.52. The van der Waals surface area contributed by atoms with E-state index in [0.717, 1.165) is 0 Å². The summed E-state index contributed by atoms with van der Waals surface area (Å²) in [4.78, 5) is 23.7. The van der Waals surface area contributed by atoms with E-state index in [9.17, 15) is 9.59 Å². The van der Waals surface area contributed by atoms with Gasteiger partial charge in [0.25, 0.3) is 5.91 Å². The van der Waals surface area contributed by atoms with E-state index >= 15 is 0 Å². The van der Waals surface area contributed by atoms with E-state index < -0.39 is 0 Å². The highest BCUT2D eigenvalue weighted by molar-refractivity contribution is 5.97. The molecule has 3 rings (SSSR count). The Hall–Kier alpha value is -2.98. The van der Waals surface area contributed by atoms with E-state index in [1.807, 2.05) is 17.4 Å². The molecule has 0 bridgehead atoms. The number of rotatable bonds is 6. The first kappa shape index (κ1) is 17.8. The van der Waals surface area contributed by atoms with Crippen LogP contribution in [0.4, 0.5) is 5.69 Å². The number of hydrogen-bond acceptors (Lipinski definition) is 2. The standard InChI is InChI=1S/C22H22N2O2/c1-15(20-12-6-8-17-7-3-4-11-21(17)20)23-14-22(26)24-19-10-5-9-18(13-19)16(2)25/h3-13,15,23H,14H2,1-2H3,(H,24,26)/p+1/t15-/m0/s1. The van der Waals surface area contributed by atoms with Crippen LogP contribution in [0.2, 0.25) is 0 Å². The molecule has 0 spiro atoms. The Morgan fingerprint density at radius 1 is 1.00 bits per heavy atom. The van der Waals surface area contributed by atoms with Crippen molar-refractivity contribution in [2.24, 2.45) is 0 Å². The maximum atomic E-state index is 12.3. The molecule has 3 aromatic carbocycles. The van der Waals surface area contributed by atoms with Crippen LogP contribution in [0.25, 0.3) is 10.8 Å². The number of anilines is 1. The Bertz CT molecular complexity index is 944. The van der Waals surface area contributed by atoms with Crippen molar-refractivity contribution < 1.29 is 14.9 Å². The fraction of sp³-hybridized carbons (Fsp3) is 0.182. The number of hydrogen-bond donors (Lipinski definition) is 2. The largest absolute Gasteiger partial charge is 0.332 e. The molecule has 0 aliphatic rings. The number of quaternary nitrogens is 1. The first-order valence-corrected chi connectivity index (χ1v) is 8.76. The van der Waals surface area contributed by atoms with Crippen LogP contribution < -0.4 is 10.6 Å². The number of carbonyl (C=O) groups is 2. The molecule has 0 radical (unpaired) electrons. The van der Waals surface area contributed by atoms with E-state index in [1.165, 1.54) is 23.3 Å². The number of amides is 1. The van der Waals surface area contributed by atoms with Crippen molar-refractivity contribution >= 4 is 28.2 Å². The van der Waals surface area contributed by atoms with Gasteiger partial charge in [-0.3, -0.25) is 9.59 Å². The van der Waals surface area contributed by atoms with Crippen LogP contribution in [0.15, 0.2) is 66.7 Å². The Morgan fingerprint density at radius 2 is 1.73 bits per heavy atom. The quantitative estimate of drug-likeness (QED) is 0.672. The molecule has 0 aliphatic carbocycles. The number of benzene rings is 3. The van der Waals surface area contributed by atoms with Crippen LogP contribution in [0.3, 0.4) is 0 Å². The van der Waals surface area contributed by atoms with Gasteiger partial charge in [-0.25, -0.2) is 0 Å². The Balaban J connectivity index is 1.64. The maximum absolute atomic E-state index is 12.3. The number of fused-ring (bicyclic) bond motifs is 1. The Kier molecular flexibility index (Phi) is 5.44. The van der Waals surface area contributed by atoms with Crippen LogP contribution in [-0.4, -0.2) is 18.2 Å². The number of nitrogens with one attached hydrogen (secondary N) is 1. The van der Waals surface area contributed by atoms with Gasteiger partial charge < -0.3 is 10.6 Å². The molecule has 132 valence electrons. The van der Waals surface area contributed by atoms with Gasteiger partial charge in [-0.2, -0.15) is 0 Å². The molecule has 4 nitrogen and oxygen atoms in total. The van der Waals surface area contributed by atoms with E-state index in [4.69, 9.17) is 0 Å². The van der Waals surface area contributed by atoms with E-state index in [2.05, 4.69) is 42.6 Å². The molecule has 0 saturated heterocycles. The average Bonchev–Trinajstić information content (AvgIpc) is 2.66. The molecular formula is C22H23N2O2+. The van der Waals surface area contributed by atoms with Crippen LogP contribution in [-0.2, 0) is 4.79 Å². The molecular weight excluding hydrogens is 324 g/mol. The normalized spacial score (nSPS) is 11.9. The summed E-state index contributed by atoms with van der Waals surface area (Å²) in [6, 6.07) is 21.7. The SMILES string of the molecule is CC(=O)c1cccc(NC(=O)C[NH2+][C@@H](C)c2cccc3ccccc23)c1. The van der Waals surface area contributed by atoms with Gasteiger partial charge in [0, 0.05) is 16.8 Å². The molecule has 4 heteroatoms. The third kappa shape index (κ3) is 4.16. The minimum absolute atomic E-state index is 0.0164. The summed E-state index contributed by atoms with van der Waals surface area (Å²) >= 11 is 0. The van der Waals surface area contributed by atoms with E-state index in [1.54, 1.807) is 24.3 Å². The Labute approximate surface area is 153 Å². The zero-order valence-electron chi connectivity index (χ0n) is 15.0. The third-order valence-electron chi connectivity index (χ3n) is 4.52. The van der Waals surface area contributed by atoms with Gasteiger partial charge in [0.1, 0.15) is 6.04 Å². The lowest BCUT2D eigenvalue weighted by molar-refractivity contribution is -0.682. The summed E-state index contributed by atoms with van der Waals surface area (Å²) in [7, 11) is 0. The van der Waals surface area contributed by atoms with Gasteiger partial charge >= 0.3 is 0 Å². The molecule has 1 atom stereocenters. The predicted molar refractivity (Wildman–Crippen MR) is 104 cm³/mol. The highest BCUT2D eigenvalue weighted by Gasteiger charge is 2.14. The molecule has 0 aliphatic heterocycles. The average molecular weight is 347 g/mol. The first-order valence-electron chi connectivity index (χ1n) is 8.76. The Morgan fingerprint density at radius 3 is 2.54 bits per heavy atom. The number of Topliss-reactive ketones (excluding diaryl/α,β-unsaturated/α-hetero) is 1. The number of carbonyl (C=O) groups excluding carboxylic acids is 2. The molecule has 3 N–H and O–H groups in total. The number of nitrogens with two attached hydrogens (primary N) is 1. The van der Waals surface area contributed by atoms with Crippen LogP contribution in [0, 0.1) is 0 Å². The molecule has 0 aromatic heterocycles. The highest BCUT2D eigenvalue weighted by atomic mass is 16.2. The van der Waals surface area contributed by atoms with Gasteiger partial charge in [0.2, 0.25) is 0 Å². The molecule has 0 saturated carbocycles. The second kappa shape index (κ2) is 7.93. The number of ketones is 1. The topological polar surface area (TPSA) is 62.8 Å². The lowest BCUT2D eigenvalue weighted by Crippen LogP contribution is -2.86. The fourth-order valence-electron chi connectivity index (χ4n) is 3.09. The molecule has 0 fully saturated rings. The van der Waals surface area contributed by atoms with Gasteiger partial charge in [-0.15, -0.1) is 0 Å². The lowest BCUT2D eigenvalue weighted by atomic mass is 10.00. The summed E-state index contributed by atoms with van der Waals surface area (Å²) in [6.45, 7) is 3.93. The van der Waals surface area contributed by atoms with Crippen molar-refractivity contribution in [2.75, 3.05) is 11.9 Å². The second-order valence-corrected chi connectivity index (χ2v) is 6.48. The van der Waals surface area contributed by atoms with Crippen LogP contribution >= 0.6 is 0 Å². The molecule has 26 heavy (non-hydrogen) atoms. The van der Waals surface area contributed by atoms with Gasteiger partial charge in [0.15, 0.2) is 12.3 Å². The fourth-order valence-corrected chi connectivity index (χ4v) is 3.09. The van der Waals surface area contributed by atoms with Crippen molar-refractivity contribution in [1.29, 1.82) is 0 Å². The zero-order chi connectivity index (χ0) is 18.5. The van der Waals surface area contributed by atoms with Crippen molar-refractivity contribution in [1.82, 2.24) is 0 Å². The van der Waals surface area contributed by atoms with Crippen molar-refractivity contribution in [2.45, 2.75) is 19.9 Å². The summed E-state index contributed by atoms with van der Waals surface area (Å²) in [5.41, 5.74) is 2.46. The molecule has 1 amide bonds. The van der Waals surface area contributed by atoms with Crippen molar-refractivity contribution in [3.8, 4) is 0 Å². The van der Waals surface area contributed by atoms with Crippen molar-refractivity contribution in [3.63, 3.8) is 0 Å². The molecule has 0 unspecified atom stereocenters. The zero-order valence-corrected chi connectivity index (χ0v) is 15.0. The van der Waals surface area contributed by atoms with Gasteiger partial charge in [0.05, 0.1) is 0 Å². The summed E-state index contributed by atoms with van der Waals surface area (Å²) < 4.78 is 0. The summed E-state index contributed by atoms with van der Waals surface area (Å²) in [5, 5.41) is 7.30. The molecule has 0 heterocycles. The minimum Gasteiger partial charge on any atom is -0.332 e. The predicted octanol–water partition coefficient (Wildman–Crippen LogP) is 3.31. The molecule has 3 aromatic rings. The summed E-state index contributed by atoms with van der Waals surface area (Å²) in [5.74, 6) is -0.102. The minimum atomic E-state index is -0.0854. The maximum Gasteiger partial charge on any atom is 0.279 e. The van der Waals surface area contributed by atoms with E-state index in [-0.39, 0.29) is 17.7 Å². The lowest BCUT2D eigenvalue weighted by Gasteiger charge is -2.14. The smallest absolute Gasteiger partial charge is 0.279 e. The van der Waals surface area contributed by atoms with Crippen LogP contribution in [0.5, 0.6) is 0 Å². The second-order valence-electron chi connectivity index (χ2n) is 6.48. The summed E-state index contributed by atoms with van der Waals surface area (Å²) in [6.07, 6.45) is 0. The van der Waals surface area contributed by atoms with Gasteiger partial charge in [-0.05, 0) is 36.8 Å². The highest BCUT2D eigenvalue weighted by Crippen LogP contribution is 2.22. The first-order chi connectivity index (χ1) is 12.5. The monoisotopic (exact) mass is 347 g/mol.